The molecule has 2 aromatic heterocycles. The average Bonchev–Trinajstić information content (AvgIpc) is 3.03. The minimum atomic E-state index is -0.596. The summed E-state index contributed by atoms with van der Waals surface area (Å²) in [5, 5.41) is 0.741. The van der Waals surface area contributed by atoms with Gasteiger partial charge < -0.3 is 14.3 Å². The van der Waals surface area contributed by atoms with Crippen LogP contribution < -0.4 is 5.63 Å². The van der Waals surface area contributed by atoms with E-state index < -0.39 is 5.63 Å². The molecule has 2 aromatic carbocycles. The maximum Gasteiger partial charge on any atom is 0.349 e. The van der Waals surface area contributed by atoms with Crippen molar-refractivity contribution in [3.63, 3.8) is 0 Å². The number of fused-ring (bicyclic) bond motifs is 2. The highest BCUT2D eigenvalue weighted by Gasteiger charge is 2.35. The number of aromatic nitrogens is 2. The van der Waals surface area contributed by atoms with Crippen LogP contribution in [-0.4, -0.2) is 33.9 Å². The van der Waals surface area contributed by atoms with Crippen molar-refractivity contribution in [3.05, 3.63) is 76.4 Å². The largest absolute Gasteiger partial charge is 0.422 e. The van der Waals surface area contributed by atoms with Crippen LogP contribution in [0.5, 0.6) is 0 Å². The van der Waals surface area contributed by atoms with Crippen LogP contribution in [0.2, 0.25) is 0 Å². The molecule has 6 nitrogen and oxygen atoms in total. The van der Waals surface area contributed by atoms with E-state index in [1.165, 1.54) is 0 Å². The smallest absolute Gasteiger partial charge is 0.349 e. The Morgan fingerprint density at radius 1 is 1.12 bits per heavy atom. The molecule has 26 heavy (non-hydrogen) atoms. The van der Waals surface area contributed by atoms with Gasteiger partial charge in [0.15, 0.2) is 0 Å². The fourth-order valence-corrected chi connectivity index (χ4v) is 3.36. The van der Waals surface area contributed by atoms with Gasteiger partial charge in [0.1, 0.15) is 17.0 Å². The van der Waals surface area contributed by atoms with E-state index in [9.17, 15) is 9.59 Å². The number of carbonyl (C=O) groups is 1. The molecule has 0 radical (unpaired) electrons. The number of para-hydroxylation sites is 3. The Morgan fingerprint density at radius 2 is 1.88 bits per heavy atom. The van der Waals surface area contributed by atoms with Crippen LogP contribution in [0, 0.1) is 0 Å². The summed E-state index contributed by atoms with van der Waals surface area (Å²) in [4.78, 5) is 34.4. The molecule has 0 bridgehead atoms. The number of aromatic amines is 1. The molecule has 6 heteroatoms. The number of carbonyl (C=O) groups excluding carboxylic acids is 1. The van der Waals surface area contributed by atoms with Crippen molar-refractivity contribution in [3.8, 4) is 0 Å². The summed E-state index contributed by atoms with van der Waals surface area (Å²) in [6.07, 6.45) is 0. The Balaban J connectivity index is 1.38. The highest BCUT2D eigenvalue weighted by atomic mass is 16.4. The van der Waals surface area contributed by atoms with Gasteiger partial charge in [-0.25, -0.2) is 9.78 Å². The van der Waals surface area contributed by atoms with E-state index in [-0.39, 0.29) is 17.4 Å². The second-order valence-corrected chi connectivity index (χ2v) is 6.53. The van der Waals surface area contributed by atoms with E-state index in [4.69, 9.17) is 4.42 Å². The Hall–Kier alpha value is -3.41. The molecule has 128 valence electrons. The molecule has 0 atom stereocenters. The quantitative estimate of drug-likeness (QED) is 0.567. The van der Waals surface area contributed by atoms with E-state index in [0.717, 1.165) is 22.2 Å². The standard InChI is InChI=1S/C20H15N3O3/c24-19(14-9-12-5-1-4-8-17(12)26-20(14)25)23-10-13(11-23)18-21-15-6-2-3-7-16(15)22-18/h1-9,13H,10-11H2,(H,21,22). The number of hydrogen-bond acceptors (Lipinski definition) is 4. The number of nitrogens with zero attached hydrogens (tertiary/aromatic N) is 2. The van der Waals surface area contributed by atoms with Gasteiger partial charge in [0.05, 0.1) is 17.0 Å². The van der Waals surface area contributed by atoms with Gasteiger partial charge in [-0.1, -0.05) is 30.3 Å². The lowest BCUT2D eigenvalue weighted by Crippen LogP contribution is -2.49. The highest BCUT2D eigenvalue weighted by Crippen LogP contribution is 2.28. The molecule has 0 spiro atoms. The van der Waals surface area contributed by atoms with Crippen molar-refractivity contribution in [1.82, 2.24) is 14.9 Å². The summed E-state index contributed by atoms with van der Waals surface area (Å²) in [7, 11) is 0. The molecule has 5 rings (SSSR count). The van der Waals surface area contributed by atoms with E-state index in [2.05, 4.69) is 9.97 Å². The summed E-state index contributed by atoms with van der Waals surface area (Å²) in [5.41, 5.74) is 1.87. The first-order valence-corrected chi connectivity index (χ1v) is 8.46. The van der Waals surface area contributed by atoms with Crippen LogP contribution in [-0.2, 0) is 0 Å². The molecule has 0 saturated carbocycles. The van der Waals surface area contributed by atoms with Gasteiger partial charge in [-0.05, 0) is 24.3 Å². The van der Waals surface area contributed by atoms with E-state index in [1.54, 1.807) is 23.1 Å². The number of amides is 1. The SMILES string of the molecule is O=C(c1cc2ccccc2oc1=O)N1CC(c2nc3ccccc3[nH]2)C1. The average molecular weight is 345 g/mol. The summed E-state index contributed by atoms with van der Waals surface area (Å²) >= 11 is 0. The van der Waals surface area contributed by atoms with Gasteiger partial charge in [-0.2, -0.15) is 0 Å². The summed E-state index contributed by atoms with van der Waals surface area (Å²) in [6, 6.07) is 16.6. The third-order valence-corrected chi connectivity index (χ3v) is 4.83. The Morgan fingerprint density at radius 3 is 2.73 bits per heavy atom. The molecule has 0 unspecified atom stereocenters. The molecular weight excluding hydrogens is 330 g/mol. The van der Waals surface area contributed by atoms with Gasteiger partial charge in [0.25, 0.3) is 5.91 Å². The fourth-order valence-electron chi connectivity index (χ4n) is 3.36. The Bertz CT molecular complexity index is 1170. The number of nitrogens with one attached hydrogen (secondary N) is 1. The van der Waals surface area contributed by atoms with Gasteiger partial charge in [0.2, 0.25) is 0 Å². The lowest BCUT2D eigenvalue weighted by Gasteiger charge is -2.37. The predicted molar refractivity (Wildman–Crippen MR) is 97.2 cm³/mol. The van der Waals surface area contributed by atoms with Gasteiger partial charge in [-0.15, -0.1) is 0 Å². The summed E-state index contributed by atoms with van der Waals surface area (Å²) in [5.74, 6) is 0.733. The van der Waals surface area contributed by atoms with E-state index in [0.29, 0.717) is 18.7 Å². The van der Waals surface area contributed by atoms with Crippen molar-refractivity contribution >= 4 is 27.9 Å². The van der Waals surface area contributed by atoms with Crippen LogP contribution in [0.4, 0.5) is 0 Å². The maximum atomic E-state index is 12.7. The van der Waals surface area contributed by atoms with Crippen molar-refractivity contribution in [2.24, 2.45) is 0 Å². The third-order valence-electron chi connectivity index (χ3n) is 4.83. The number of benzene rings is 2. The van der Waals surface area contributed by atoms with Gasteiger partial charge >= 0.3 is 5.63 Å². The molecule has 1 saturated heterocycles. The van der Waals surface area contributed by atoms with Gasteiger partial charge in [0, 0.05) is 18.5 Å². The number of imidazole rings is 1. The first-order chi connectivity index (χ1) is 12.7. The first kappa shape index (κ1) is 14.9. The second kappa shape index (κ2) is 5.56. The molecule has 1 fully saturated rings. The molecule has 3 heterocycles. The normalized spacial score (nSPS) is 14.7. The Kier molecular flexibility index (Phi) is 3.18. The summed E-state index contributed by atoms with van der Waals surface area (Å²) in [6.45, 7) is 1.07. The van der Waals surface area contributed by atoms with E-state index in [1.807, 2.05) is 36.4 Å². The Labute approximate surface area is 148 Å². The zero-order valence-electron chi connectivity index (χ0n) is 13.8. The van der Waals surface area contributed by atoms with Crippen molar-refractivity contribution < 1.29 is 9.21 Å². The minimum Gasteiger partial charge on any atom is -0.422 e. The van der Waals surface area contributed by atoms with Crippen LogP contribution in [0.25, 0.3) is 22.0 Å². The number of rotatable bonds is 2. The molecule has 1 amide bonds. The predicted octanol–water partition coefficient (Wildman–Crippen LogP) is 2.91. The van der Waals surface area contributed by atoms with Crippen LogP contribution in [0.1, 0.15) is 22.1 Å². The van der Waals surface area contributed by atoms with Gasteiger partial charge in [-0.3, -0.25) is 4.79 Å². The monoisotopic (exact) mass is 345 g/mol. The number of hydrogen-bond donors (Lipinski definition) is 1. The highest BCUT2D eigenvalue weighted by molar-refractivity contribution is 5.97. The molecule has 0 aliphatic carbocycles. The van der Waals surface area contributed by atoms with Crippen LogP contribution in [0.15, 0.2) is 63.8 Å². The molecule has 1 aliphatic rings. The number of likely N-dealkylation sites (tertiary alicyclic amines) is 1. The molecule has 1 aliphatic heterocycles. The second-order valence-electron chi connectivity index (χ2n) is 6.53. The first-order valence-electron chi connectivity index (χ1n) is 8.46. The van der Waals surface area contributed by atoms with Crippen LogP contribution in [0.3, 0.4) is 0 Å². The summed E-state index contributed by atoms with van der Waals surface area (Å²) < 4.78 is 5.26. The minimum absolute atomic E-state index is 0.0757. The molecular formula is C20H15N3O3. The lowest BCUT2D eigenvalue weighted by molar-refractivity contribution is 0.0591. The van der Waals surface area contributed by atoms with Crippen molar-refractivity contribution in [2.45, 2.75) is 5.92 Å². The lowest BCUT2D eigenvalue weighted by atomic mass is 9.98. The third kappa shape index (κ3) is 2.30. The molecule has 1 N–H and O–H groups in total. The van der Waals surface area contributed by atoms with Crippen molar-refractivity contribution in [1.29, 1.82) is 0 Å². The molecule has 4 aromatic rings. The zero-order chi connectivity index (χ0) is 17.7. The maximum absolute atomic E-state index is 12.7. The fraction of sp³-hybridized carbons (Fsp3) is 0.150. The topological polar surface area (TPSA) is 79.2 Å². The number of H-pyrrole nitrogens is 1. The van der Waals surface area contributed by atoms with Crippen molar-refractivity contribution in [2.75, 3.05) is 13.1 Å². The van der Waals surface area contributed by atoms with E-state index >= 15 is 0 Å². The zero-order valence-corrected chi connectivity index (χ0v) is 13.8. The van der Waals surface area contributed by atoms with Crippen LogP contribution >= 0.6 is 0 Å².